The molecule has 1 aliphatic rings. The van der Waals surface area contributed by atoms with Gasteiger partial charge in [0.2, 0.25) is 5.91 Å². The van der Waals surface area contributed by atoms with Crippen LogP contribution in [0.4, 0.5) is 10.8 Å². The van der Waals surface area contributed by atoms with Gasteiger partial charge in [0.15, 0.2) is 10.9 Å². The first kappa shape index (κ1) is 21.3. The molecule has 1 fully saturated rings. The molecule has 0 saturated carbocycles. The van der Waals surface area contributed by atoms with Crippen LogP contribution in [0.1, 0.15) is 28.4 Å². The van der Waals surface area contributed by atoms with Crippen molar-refractivity contribution in [2.24, 2.45) is 0 Å². The molecule has 0 N–H and O–H groups in total. The summed E-state index contributed by atoms with van der Waals surface area (Å²) in [6, 6.07) is 11.9. The number of likely N-dealkylation sites (N-methyl/N-ethyl adjacent to an activating group) is 1. The molecule has 1 aromatic heterocycles. The number of carbonyl (C=O) groups is 2. The van der Waals surface area contributed by atoms with E-state index in [2.05, 4.69) is 30.9 Å². The normalized spacial score (nSPS) is 14.2. The molecule has 31 heavy (non-hydrogen) atoms. The number of hydrogen-bond donors (Lipinski definition) is 0. The van der Waals surface area contributed by atoms with Crippen molar-refractivity contribution < 1.29 is 9.59 Å². The van der Waals surface area contributed by atoms with Gasteiger partial charge in [0.1, 0.15) is 0 Å². The summed E-state index contributed by atoms with van der Waals surface area (Å²) in [6.45, 7) is 9.03. The van der Waals surface area contributed by atoms with Crippen LogP contribution >= 0.6 is 11.3 Å². The summed E-state index contributed by atoms with van der Waals surface area (Å²) in [7, 11) is 1.94. The Morgan fingerprint density at radius 1 is 1.00 bits per heavy atom. The maximum Gasteiger partial charge on any atom is 0.242 e. The third kappa shape index (κ3) is 4.42. The van der Waals surface area contributed by atoms with E-state index >= 15 is 0 Å². The van der Waals surface area contributed by atoms with Crippen LogP contribution in [0.5, 0.6) is 0 Å². The third-order valence-corrected chi connectivity index (χ3v) is 7.21. The monoisotopic (exact) mass is 436 g/mol. The fourth-order valence-electron chi connectivity index (χ4n) is 3.90. The predicted molar refractivity (Wildman–Crippen MR) is 128 cm³/mol. The van der Waals surface area contributed by atoms with Gasteiger partial charge < -0.3 is 14.7 Å². The van der Waals surface area contributed by atoms with E-state index in [0.717, 1.165) is 40.6 Å². The molecule has 2 aromatic carbocycles. The minimum atomic E-state index is 0.0736. The molecule has 0 atom stereocenters. The second kappa shape index (κ2) is 8.67. The number of aryl methyl sites for hydroxylation is 2. The number of thiazole rings is 1. The number of benzene rings is 2. The number of ketones is 1. The number of piperazine rings is 1. The molecule has 2 heterocycles. The molecule has 162 valence electrons. The van der Waals surface area contributed by atoms with Crippen molar-refractivity contribution in [3.8, 4) is 0 Å². The van der Waals surface area contributed by atoms with E-state index in [0.29, 0.717) is 19.6 Å². The van der Waals surface area contributed by atoms with Gasteiger partial charge in [0, 0.05) is 44.5 Å². The largest absolute Gasteiger partial charge is 0.368 e. The van der Waals surface area contributed by atoms with Gasteiger partial charge in [-0.1, -0.05) is 23.5 Å². The maximum atomic E-state index is 12.9. The molecule has 6 nitrogen and oxygen atoms in total. The predicted octanol–water partition coefficient (Wildman–Crippen LogP) is 3.90. The minimum Gasteiger partial charge on any atom is -0.368 e. The fourth-order valence-corrected chi connectivity index (χ4v) is 4.98. The number of Topliss-reactive ketones (excluding diaryl/α,β-unsaturated/α-hetero) is 1. The lowest BCUT2D eigenvalue weighted by Gasteiger charge is -2.36. The van der Waals surface area contributed by atoms with Crippen molar-refractivity contribution in [3.05, 3.63) is 53.1 Å². The number of hydrogen-bond acceptors (Lipinski definition) is 6. The molecule has 0 aliphatic carbocycles. The average molecular weight is 437 g/mol. The summed E-state index contributed by atoms with van der Waals surface area (Å²) >= 11 is 1.65. The Morgan fingerprint density at radius 2 is 1.65 bits per heavy atom. The van der Waals surface area contributed by atoms with Crippen molar-refractivity contribution in [3.63, 3.8) is 0 Å². The number of nitrogens with zero attached hydrogens (tertiary/aromatic N) is 4. The summed E-state index contributed by atoms with van der Waals surface area (Å²) in [6.07, 6.45) is 0. The molecule has 1 saturated heterocycles. The van der Waals surface area contributed by atoms with Gasteiger partial charge in [-0.3, -0.25) is 9.59 Å². The zero-order valence-electron chi connectivity index (χ0n) is 18.5. The van der Waals surface area contributed by atoms with Gasteiger partial charge in [0.05, 0.1) is 16.8 Å². The molecule has 0 radical (unpaired) electrons. The maximum absolute atomic E-state index is 12.9. The average Bonchev–Trinajstić information content (AvgIpc) is 3.24. The van der Waals surface area contributed by atoms with E-state index in [1.54, 1.807) is 18.3 Å². The van der Waals surface area contributed by atoms with Crippen LogP contribution in [-0.2, 0) is 4.79 Å². The molecule has 7 heteroatoms. The van der Waals surface area contributed by atoms with E-state index in [-0.39, 0.29) is 11.7 Å². The van der Waals surface area contributed by atoms with Crippen LogP contribution in [-0.4, -0.2) is 61.3 Å². The lowest BCUT2D eigenvalue weighted by molar-refractivity contribution is -0.129. The molecular weight excluding hydrogens is 408 g/mol. The number of anilines is 2. The van der Waals surface area contributed by atoms with Gasteiger partial charge in [-0.05, 0) is 56.2 Å². The van der Waals surface area contributed by atoms with E-state index < -0.39 is 0 Å². The summed E-state index contributed by atoms with van der Waals surface area (Å²) in [5.41, 5.74) is 5.23. The molecule has 0 bridgehead atoms. The summed E-state index contributed by atoms with van der Waals surface area (Å²) in [4.78, 5) is 35.3. The molecule has 3 aromatic rings. The van der Waals surface area contributed by atoms with E-state index in [1.807, 2.05) is 41.1 Å². The minimum absolute atomic E-state index is 0.0736. The third-order valence-electron chi connectivity index (χ3n) is 5.90. The summed E-state index contributed by atoms with van der Waals surface area (Å²) in [5, 5.41) is 0.880. The van der Waals surface area contributed by atoms with Gasteiger partial charge in [-0.15, -0.1) is 0 Å². The standard InChI is InChI=1S/C24H28N4O2S/c1-16-5-6-17(2)23-22(16)25-24(31-23)26(4)15-21(30)28-13-11-27(12-14-28)20-9-7-19(8-10-20)18(3)29/h5-10H,11-15H2,1-4H3. The van der Waals surface area contributed by atoms with Gasteiger partial charge in [0.25, 0.3) is 0 Å². The quantitative estimate of drug-likeness (QED) is 0.568. The van der Waals surface area contributed by atoms with Crippen molar-refractivity contribution >= 4 is 44.1 Å². The van der Waals surface area contributed by atoms with Gasteiger partial charge >= 0.3 is 0 Å². The molecule has 0 unspecified atom stereocenters. The summed E-state index contributed by atoms with van der Waals surface area (Å²) < 4.78 is 1.19. The number of amides is 1. The van der Waals surface area contributed by atoms with Crippen LogP contribution in [0.3, 0.4) is 0 Å². The first-order chi connectivity index (χ1) is 14.8. The Balaban J connectivity index is 1.36. The highest BCUT2D eigenvalue weighted by Gasteiger charge is 2.23. The molecular formula is C24H28N4O2S. The second-order valence-electron chi connectivity index (χ2n) is 8.20. The van der Waals surface area contributed by atoms with Crippen LogP contribution in [0.2, 0.25) is 0 Å². The van der Waals surface area contributed by atoms with Crippen LogP contribution in [0.15, 0.2) is 36.4 Å². The van der Waals surface area contributed by atoms with Crippen LogP contribution in [0.25, 0.3) is 10.2 Å². The Kier molecular flexibility index (Phi) is 5.96. The molecule has 4 rings (SSSR count). The van der Waals surface area contributed by atoms with Crippen molar-refractivity contribution in [2.45, 2.75) is 20.8 Å². The van der Waals surface area contributed by atoms with Crippen molar-refractivity contribution in [2.75, 3.05) is 49.6 Å². The Labute approximate surface area is 187 Å². The van der Waals surface area contributed by atoms with Crippen LogP contribution in [0, 0.1) is 13.8 Å². The highest BCUT2D eigenvalue weighted by atomic mass is 32.1. The van der Waals surface area contributed by atoms with E-state index in [9.17, 15) is 9.59 Å². The van der Waals surface area contributed by atoms with E-state index in [4.69, 9.17) is 4.98 Å². The number of carbonyl (C=O) groups excluding carboxylic acids is 2. The zero-order valence-corrected chi connectivity index (χ0v) is 19.3. The first-order valence-corrected chi connectivity index (χ1v) is 11.4. The van der Waals surface area contributed by atoms with Crippen LogP contribution < -0.4 is 9.80 Å². The second-order valence-corrected chi connectivity index (χ2v) is 9.18. The SMILES string of the molecule is CC(=O)c1ccc(N2CCN(C(=O)CN(C)c3nc4c(C)ccc(C)c4s3)CC2)cc1. The van der Waals surface area contributed by atoms with Crippen molar-refractivity contribution in [1.29, 1.82) is 0 Å². The number of aromatic nitrogens is 1. The highest BCUT2D eigenvalue weighted by molar-refractivity contribution is 7.22. The molecule has 0 spiro atoms. The smallest absolute Gasteiger partial charge is 0.242 e. The van der Waals surface area contributed by atoms with Gasteiger partial charge in [-0.25, -0.2) is 4.98 Å². The Morgan fingerprint density at radius 3 is 2.26 bits per heavy atom. The summed E-state index contributed by atoms with van der Waals surface area (Å²) in [5.74, 6) is 0.200. The lowest BCUT2D eigenvalue weighted by atomic mass is 10.1. The Hall–Kier alpha value is -2.93. The molecule has 1 aliphatic heterocycles. The zero-order chi connectivity index (χ0) is 22.1. The Bertz CT molecular complexity index is 1080. The topological polar surface area (TPSA) is 56.8 Å². The highest BCUT2D eigenvalue weighted by Crippen LogP contribution is 2.32. The van der Waals surface area contributed by atoms with Gasteiger partial charge in [-0.2, -0.15) is 0 Å². The lowest BCUT2D eigenvalue weighted by Crippen LogP contribution is -2.51. The molecule has 1 amide bonds. The van der Waals surface area contributed by atoms with E-state index in [1.165, 1.54) is 10.3 Å². The van der Waals surface area contributed by atoms with Crippen molar-refractivity contribution in [1.82, 2.24) is 9.88 Å². The number of rotatable bonds is 5. The first-order valence-electron chi connectivity index (χ1n) is 10.5. The fraction of sp³-hybridized carbons (Fsp3) is 0.375. The number of fused-ring (bicyclic) bond motifs is 1.